The van der Waals surface area contributed by atoms with Gasteiger partial charge in [0.2, 0.25) is 12.7 Å². The summed E-state index contributed by atoms with van der Waals surface area (Å²) < 4.78 is 12.8. The number of hydrogen-bond donors (Lipinski definition) is 0. The zero-order chi connectivity index (χ0) is 17.2. The molecule has 0 unspecified atom stereocenters. The molecule has 2 aliphatic heterocycles. The van der Waals surface area contributed by atoms with Crippen molar-refractivity contribution in [3.8, 4) is 11.5 Å². The molecule has 1 fully saturated rings. The van der Waals surface area contributed by atoms with Gasteiger partial charge in [-0.15, -0.1) is 0 Å². The average Bonchev–Trinajstić information content (AvgIpc) is 3.24. The van der Waals surface area contributed by atoms with E-state index in [0.29, 0.717) is 13.2 Å². The van der Waals surface area contributed by atoms with E-state index in [4.69, 9.17) is 9.47 Å². The fourth-order valence-corrected chi connectivity index (χ4v) is 3.40. The summed E-state index contributed by atoms with van der Waals surface area (Å²) in [5.74, 6) is 1.86. The number of piperazine rings is 1. The molecule has 2 aromatic rings. The number of hydrogen-bond acceptors (Lipinski definition) is 4. The van der Waals surface area contributed by atoms with E-state index in [0.717, 1.165) is 49.8 Å². The van der Waals surface area contributed by atoms with Crippen molar-refractivity contribution in [2.24, 2.45) is 7.05 Å². The number of fused-ring (bicyclic) bond motifs is 1. The summed E-state index contributed by atoms with van der Waals surface area (Å²) in [5.41, 5.74) is 2.30. The summed E-state index contributed by atoms with van der Waals surface area (Å²) in [5, 5.41) is 0. The second-order valence-corrected chi connectivity index (χ2v) is 6.71. The van der Waals surface area contributed by atoms with Crippen molar-refractivity contribution in [2.45, 2.75) is 13.0 Å². The number of ether oxygens (including phenoxy) is 2. The number of rotatable bonds is 4. The topological polar surface area (TPSA) is 46.9 Å². The predicted molar refractivity (Wildman–Crippen MR) is 93.5 cm³/mol. The Morgan fingerprint density at radius 2 is 1.84 bits per heavy atom. The fraction of sp³-hybridized carbons (Fsp3) is 0.421. The second-order valence-electron chi connectivity index (χ2n) is 6.71. The van der Waals surface area contributed by atoms with Gasteiger partial charge >= 0.3 is 0 Å². The van der Waals surface area contributed by atoms with E-state index in [1.807, 2.05) is 41.0 Å². The van der Waals surface area contributed by atoms with Crippen LogP contribution in [0.3, 0.4) is 0 Å². The van der Waals surface area contributed by atoms with E-state index in [1.54, 1.807) is 0 Å². The van der Waals surface area contributed by atoms with Crippen molar-refractivity contribution in [3.63, 3.8) is 0 Å². The second kappa shape index (κ2) is 6.80. The van der Waals surface area contributed by atoms with Gasteiger partial charge in [-0.05, 0) is 29.3 Å². The average molecular weight is 341 g/mol. The largest absolute Gasteiger partial charge is 0.454 e. The lowest BCUT2D eigenvalue weighted by Crippen LogP contribution is -2.48. The lowest BCUT2D eigenvalue weighted by atomic mass is 10.1. The van der Waals surface area contributed by atoms with Crippen LogP contribution in [0.4, 0.5) is 0 Å². The van der Waals surface area contributed by atoms with E-state index in [9.17, 15) is 4.79 Å². The van der Waals surface area contributed by atoms with Gasteiger partial charge in [-0.25, -0.2) is 0 Å². The maximum absolute atomic E-state index is 12.4. The Balaban J connectivity index is 1.28. The lowest BCUT2D eigenvalue weighted by Gasteiger charge is -2.34. The van der Waals surface area contributed by atoms with Gasteiger partial charge in [-0.3, -0.25) is 9.69 Å². The third-order valence-corrected chi connectivity index (χ3v) is 4.82. The van der Waals surface area contributed by atoms with E-state index >= 15 is 0 Å². The van der Waals surface area contributed by atoms with Crippen molar-refractivity contribution in [2.75, 3.05) is 33.0 Å². The van der Waals surface area contributed by atoms with Crippen molar-refractivity contribution < 1.29 is 14.3 Å². The third kappa shape index (κ3) is 3.64. The molecule has 1 amide bonds. The number of benzene rings is 1. The summed E-state index contributed by atoms with van der Waals surface area (Å²) in [6, 6.07) is 8.11. The van der Waals surface area contributed by atoms with Gasteiger partial charge in [-0.2, -0.15) is 0 Å². The SMILES string of the molecule is Cn1ccc(CC(=O)N2CCN(Cc3ccc4c(c3)OCO4)CC2)c1. The number of aromatic nitrogens is 1. The highest BCUT2D eigenvalue weighted by Crippen LogP contribution is 2.32. The Bertz CT molecular complexity index is 763. The quantitative estimate of drug-likeness (QED) is 0.848. The maximum atomic E-state index is 12.4. The highest BCUT2D eigenvalue weighted by Gasteiger charge is 2.22. The van der Waals surface area contributed by atoms with Gasteiger partial charge in [0.25, 0.3) is 0 Å². The summed E-state index contributed by atoms with van der Waals surface area (Å²) in [6.45, 7) is 4.55. The van der Waals surface area contributed by atoms with E-state index in [2.05, 4.69) is 17.0 Å². The van der Waals surface area contributed by atoms with E-state index in [1.165, 1.54) is 5.56 Å². The number of nitrogens with zero attached hydrogens (tertiary/aromatic N) is 3. The molecule has 1 aromatic carbocycles. The Hall–Kier alpha value is -2.47. The summed E-state index contributed by atoms with van der Waals surface area (Å²) in [7, 11) is 1.98. The molecule has 4 rings (SSSR count). The molecular weight excluding hydrogens is 318 g/mol. The van der Waals surface area contributed by atoms with Crippen LogP contribution < -0.4 is 9.47 Å². The highest BCUT2D eigenvalue weighted by atomic mass is 16.7. The monoisotopic (exact) mass is 341 g/mol. The number of aryl methyl sites for hydroxylation is 1. The molecule has 0 saturated carbocycles. The first-order chi connectivity index (χ1) is 12.2. The van der Waals surface area contributed by atoms with Gasteiger partial charge < -0.3 is 18.9 Å². The zero-order valence-electron chi connectivity index (χ0n) is 14.5. The van der Waals surface area contributed by atoms with Gasteiger partial charge in [-0.1, -0.05) is 6.07 Å². The predicted octanol–water partition coefficient (Wildman–Crippen LogP) is 1.64. The first-order valence-corrected chi connectivity index (χ1v) is 8.67. The zero-order valence-corrected chi connectivity index (χ0v) is 14.5. The molecule has 132 valence electrons. The van der Waals surface area contributed by atoms with Crippen LogP contribution in [0.25, 0.3) is 0 Å². The molecule has 3 heterocycles. The van der Waals surface area contributed by atoms with E-state index in [-0.39, 0.29) is 5.91 Å². The summed E-state index contributed by atoms with van der Waals surface area (Å²) in [6.07, 6.45) is 4.47. The van der Waals surface area contributed by atoms with Gasteiger partial charge in [0, 0.05) is 52.2 Å². The van der Waals surface area contributed by atoms with Crippen LogP contribution in [-0.2, 0) is 24.8 Å². The molecular formula is C19H23N3O3. The molecule has 2 aliphatic rings. The molecule has 0 aliphatic carbocycles. The van der Waals surface area contributed by atoms with E-state index < -0.39 is 0 Å². The fourth-order valence-electron chi connectivity index (χ4n) is 3.40. The first kappa shape index (κ1) is 16.0. The minimum absolute atomic E-state index is 0.217. The van der Waals surface area contributed by atoms with Gasteiger partial charge in [0.05, 0.1) is 6.42 Å². The Labute approximate surface area is 147 Å². The molecule has 0 bridgehead atoms. The first-order valence-electron chi connectivity index (χ1n) is 8.67. The molecule has 6 heteroatoms. The van der Waals surface area contributed by atoms with Crippen LogP contribution >= 0.6 is 0 Å². The Morgan fingerprint density at radius 3 is 2.60 bits per heavy atom. The van der Waals surface area contributed by atoms with Crippen molar-refractivity contribution in [3.05, 3.63) is 47.8 Å². The molecule has 0 atom stereocenters. The normalized spacial score (nSPS) is 17.1. The summed E-state index contributed by atoms with van der Waals surface area (Å²) in [4.78, 5) is 16.8. The summed E-state index contributed by atoms with van der Waals surface area (Å²) >= 11 is 0. The van der Waals surface area contributed by atoms with Gasteiger partial charge in [0.1, 0.15) is 0 Å². The highest BCUT2D eigenvalue weighted by molar-refractivity contribution is 5.78. The van der Waals surface area contributed by atoms with Gasteiger partial charge in [0.15, 0.2) is 11.5 Å². The smallest absolute Gasteiger partial charge is 0.231 e. The number of carbonyl (C=O) groups excluding carboxylic acids is 1. The molecule has 0 radical (unpaired) electrons. The minimum atomic E-state index is 0.217. The third-order valence-electron chi connectivity index (χ3n) is 4.82. The number of amides is 1. The van der Waals surface area contributed by atoms with Crippen LogP contribution in [0.15, 0.2) is 36.7 Å². The van der Waals surface area contributed by atoms with Crippen molar-refractivity contribution in [1.82, 2.24) is 14.4 Å². The molecule has 1 saturated heterocycles. The standard InChI is InChI=1S/C19H23N3O3/c1-20-5-4-16(12-20)11-19(23)22-8-6-21(7-9-22)13-15-2-3-17-18(10-15)25-14-24-17/h2-5,10,12H,6-9,11,13-14H2,1H3. The van der Waals surface area contributed by atoms with Crippen molar-refractivity contribution >= 4 is 5.91 Å². The molecule has 25 heavy (non-hydrogen) atoms. The lowest BCUT2D eigenvalue weighted by molar-refractivity contribution is -0.132. The maximum Gasteiger partial charge on any atom is 0.231 e. The molecule has 0 spiro atoms. The van der Waals surface area contributed by atoms with Crippen LogP contribution in [0.2, 0.25) is 0 Å². The molecule has 1 aromatic heterocycles. The van der Waals surface area contributed by atoms with Crippen molar-refractivity contribution in [1.29, 1.82) is 0 Å². The van der Waals surface area contributed by atoms with Crippen LogP contribution in [0.1, 0.15) is 11.1 Å². The Morgan fingerprint density at radius 1 is 1.04 bits per heavy atom. The number of carbonyl (C=O) groups is 1. The van der Waals surface area contributed by atoms with Crippen LogP contribution in [0, 0.1) is 0 Å². The Kier molecular flexibility index (Phi) is 4.36. The minimum Gasteiger partial charge on any atom is -0.454 e. The van der Waals surface area contributed by atoms with Crippen LogP contribution in [0.5, 0.6) is 11.5 Å². The molecule has 0 N–H and O–H groups in total. The molecule has 6 nitrogen and oxygen atoms in total. The van der Waals surface area contributed by atoms with Crippen LogP contribution in [-0.4, -0.2) is 53.2 Å².